The van der Waals surface area contributed by atoms with Crippen molar-refractivity contribution in [3.8, 4) is 16.9 Å². The van der Waals surface area contributed by atoms with Gasteiger partial charge in [0, 0.05) is 61.3 Å². The fraction of sp³-hybridized carbons (Fsp3) is 0.304. The Bertz CT molecular complexity index is 1040. The third kappa shape index (κ3) is 4.26. The van der Waals surface area contributed by atoms with Gasteiger partial charge in [-0.25, -0.2) is 0 Å². The highest BCUT2D eigenvalue weighted by Crippen LogP contribution is 2.31. The van der Waals surface area contributed by atoms with Crippen molar-refractivity contribution < 1.29 is 4.92 Å². The van der Waals surface area contributed by atoms with E-state index in [1.807, 2.05) is 36.4 Å². The lowest BCUT2D eigenvalue weighted by Crippen LogP contribution is -2.43. The second-order valence-corrected chi connectivity index (χ2v) is 8.27. The second-order valence-electron chi connectivity index (χ2n) is 7.84. The maximum absolute atomic E-state index is 11.1. The van der Waals surface area contributed by atoms with Crippen molar-refractivity contribution in [3.05, 3.63) is 81.0 Å². The summed E-state index contributed by atoms with van der Waals surface area (Å²) in [7, 11) is 2.16. The fourth-order valence-corrected chi connectivity index (χ4v) is 4.08. The molecule has 7 heteroatoms. The molecule has 1 saturated heterocycles. The van der Waals surface area contributed by atoms with Crippen LogP contribution in [0.15, 0.2) is 54.6 Å². The van der Waals surface area contributed by atoms with Gasteiger partial charge in [-0.1, -0.05) is 23.7 Å². The van der Waals surface area contributed by atoms with E-state index in [0.29, 0.717) is 5.02 Å². The third-order valence-electron chi connectivity index (χ3n) is 5.80. The van der Waals surface area contributed by atoms with Crippen LogP contribution in [0.25, 0.3) is 16.9 Å². The number of halogens is 1. The molecular weight excluding hydrogens is 400 g/mol. The Balaban J connectivity index is 1.75. The van der Waals surface area contributed by atoms with E-state index in [2.05, 4.69) is 34.4 Å². The fourth-order valence-electron chi connectivity index (χ4n) is 3.95. The van der Waals surface area contributed by atoms with Gasteiger partial charge in [0.25, 0.3) is 5.69 Å². The van der Waals surface area contributed by atoms with Crippen LogP contribution in [0.5, 0.6) is 0 Å². The van der Waals surface area contributed by atoms with Gasteiger partial charge in [0.1, 0.15) is 0 Å². The van der Waals surface area contributed by atoms with E-state index in [1.165, 1.54) is 5.56 Å². The summed E-state index contributed by atoms with van der Waals surface area (Å²) in [4.78, 5) is 15.5. The van der Waals surface area contributed by atoms with Gasteiger partial charge in [-0.05, 0) is 55.4 Å². The van der Waals surface area contributed by atoms with E-state index in [9.17, 15) is 10.1 Å². The number of benzene rings is 2. The number of rotatable bonds is 5. The minimum Gasteiger partial charge on any atom is -0.314 e. The Kier molecular flexibility index (Phi) is 5.90. The minimum atomic E-state index is -0.370. The number of likely N-dealkylation sites (N-methyl/N-ethyl adjacent to an activating group) is 1. The Labute approximate surface area is 181 Å². The molecule has 0 amide bonds. The monoisotopic (exact) mass is 424 g/mol. The summed E-state index contributed by atoms with van der Waals surface area (Å²) < 4.78 is 2.18. The SMILES string of the molecule is Cc1c(CN2CCN(C)CC2)cc(-c2ccc(Cl)cc2)n1-c1ccc([N+](=O)[O-])cc1. The predicted molar refractivity (Wildman–Crippen MR) is 120 cm³/mol. The van der Waals surface area contributed by atoms with Crippen LogP contribution in [0.4, 0.5) is 5.69 Å². The summed E-state index contributed by atoms with van der Waals surface area (Å²) in [5.74, 6) is 0. The molecule has 156 valence electrons. The normalized spacial score (nSPS) is 15.4. The topological polar surface area (TPSA) is 54.5 Å². The van der Waals surface area contributed by atoms with Gasteiger partial charge < -0.3 is 9.47 Å². The minimum absolute atomic E-state index is 0.0919. The lowest BCUT2D eigenvalue weighted by molar-refractivity contribution is -0.384. The van der Waals surface area contributed by atoms with Gasteiger partial charge in [-0.3, -0.25) is 15.0 Å². The van der Waals surface area contributed by atoms with E-state index in [0.717, 1.165) is 55.4 Å². The molecule has 4 rings (SSSR count). The third-order valence-corrected chi connectivity index (χ3v) is 6.05. The maximum Gasteiger partial charge on any atom is 0.269 e. The molecule has 1 aromatic heterocycles. The molecule has 30 heavy (non-hydrogen) atoms. The van der Waals surface area contributed by atoms with Gasteiger partial charge in [0.2, 0.25) is 0 Å². The quantitative estimate of drug-likeness (QED) is 0.437. The first-order chi connectivity index (χ1) is 14.4. The van der Waals surface area contributed by atoms with Gasteiger partial charge in [0.15, 0.2) is 0 Å². The average molecular weight is 425 g/mol. The van der Waals surface area contributed by atoms with Crippen LogP contribution in [-0.4, -0.2) is 52.5 Å². The van der Waals surface area contributed by atoms with Crippen molar-refractivity contribution in [3.63, 3.8) is 0 Å². The molecule has 0 atom stereocenters. The lowest BCUT2D eigenvalue weighted by Gasteiger charge is -2.32. The van der Waals surface area contributed by atoms with Crippen molar-refractivity contribution >= 4 is 17.3 Å². The molecule has 0 radical (unpaired) electrons. The number of non-ortho nitro benzene ring substituents is 1. The van der Waals surface area contributed by atoms with Crippen molar-refractivity contribution in [2.24, 2.45) is 0 Å². The Morgan fingerprint density at radius 3 is 2.23 bits per heavy atom. The molecule has 3 aromatic rings. The van der Waals surface area contributed by atoms with E-state index in [-0.39, 0.29) is 10.6 Å². The summed E-state index contributed by atoms with van der Waals surface area (Å²) in [6.07, 6.45) is 0. The first-order valence-electron chi connectivity index (χ1n) is 10.1. The number of nitro benzene ring substituents is 1. The van der Waals surface area contributed by atoms with E-state index >= 15 is 0 Å². The molecule has 0 bridgehead atoms. The molecule has 1 aliphatic heterocycles. The van der Waals surface area contributed by atoms with Crippen molar-refractivity contribution in [2.45, 2.75) is 13.5 Å². The highest BCUT2D eigenvalue weighted by molar-refractivity contribution is 6.30. The predicted octanol–water partition coefficient (Wildman–Crippen LogP) is 4.76. The Morgan fingerprint density at radius 2 is 1.63 bits per heavy atom. The summed E-state index contributed by atoms with van der Waals surface area (Å²) in [5, 5.41) is 11.8. The number of nitro groups is 1. The van der Waals surface area contributed by atoms with Gasteiger partial charge in [-0.2, -0.15) is 0 Å². The van der Waals surface area contributed by atoms with Crippen molar-refractivity contribution in [2.75, 3.05) is 33.2 Å². The van der Waals surface area contributed by atoms with Crippen LogP contribution in [0.3, 0.4) is 0 Å². The summed E-state index contributed by atoms with van der Waals surface area (Å²) >= 11 is 6.10. The number of hydrogen-bond acceptors (Lipinski definition) is 4. The van der Waals surface area contributed by atoms with Crippen LogP contribution in [0.2, 0.25) is 5.02 Å². The van der Waals surface area contributed by atoms with E-state index in [4.69, 9.17) is 11.6 Å². The summed E-state index contributed by atoms with van der Waals surface area (Å²) in [5.41, 5.74) is 5.53. The smallest absolute Gasteiger partial charge is 0.269 e. The van der Waals surface area contributed by atoms with Gasteiger partial charge in [-0.15, -0.1) is 0 Å². The molecule has 1 aliphatic rings. The largest absolute Gasteiger partial charge is 0.314 e. The Hall–Kier alpha value is -2.67. The van der Waals surface area contributed by atoms with Crippen LogP contribution >= 0.6 is 11.6 Å². The first-order valence-corrected chi connectivity index (χ1v) is 10.4. The van der Waals surface area contributed by atoms with Crippen molar-refractivity contribution in [1.82, 2.24) is 14.4 Å². The zero-order valence-corrected chi connectivity index (χ0v) is 18.0. The summed E-state index contributed by atoms with van der Waals surface area (Å²) in [6.45, 7) is 7.26. The molecule has 0 N–H and O–H groups in total. The molecule has 1 fully saturated rings. The molecular formula is C23H25ClN4O2. The van der Waals surface area contributed by atoms with Gasteiger partial charge >= 0.3 is 0 Å². The summed E-state index contributed by atoms with van der Waals surface area (Å²) in [6, 6.07) is 16.8. The van der Waals surface area contributed by atoms with Crippen LogP contribution in [0, 0.1) is 17.0 Å². The van der Waals surface area contributed by atoms with Crippen LogP contribution < -0.4 is 0 Å². The molecule has 0 aliphatic carbocycles. The molecule has 2 aromatic carbocycles. The average Bonchev–Trinajstić information content (AvgIpc) is 3.06. The maximum atomic E-state index is 11.1. The van der Waals surface area contributed by atoms with Crippen LogP contribution in [-0.2, 0) is 6.54 Å². The second kappa shape index (κ2) is 8.60. The van der Waals surface area contributed by atoms with Crippen molar-refractivity contribution in [1.29, 1.82) is 0 Å². The molecule has 6 nitrogen and oxygen atoms in total. The lowest BCUT2D eigenvalue weighted by atomic mass is 10.1. The number of hydrogen-bond donors (Lipinski definition) is 0. The first kappa shape index (κ1) is 20.6. The van der Waals surface area contributed by atoms with Gasteiger partial charge in [0.05, 0.1) is 10.6 Å². The molecule has 0 saturated carbocycles. The Morgan fingerprint density at radius 1 is 1.00 bits per heavy atom. The van der Waals surface area contributed by atoms with Crippen LogP contribution in [0.1, 0.15) is 11.3 Å². The van der Waals surface area contributed by atoms with E-state index < -0.39 is 0 Å². The number of aromatic nitrogens is 1. The number of piperazine rings is 1. The molecule has 2 heterocycles. The standard InChI is InChI=1S/C23H25ClN4O2/c1-17-19(16-26-13-11-25(2)12-14-26)15-23(18-3-5-20(24)6-4-18)27(17)21-7-9-22(10-8-21)28(29)30/h3-10,15H,11-14,16H2,1-2H3. The zero-order valence-electron chi connectivity index (χ0n) is 17.2. The molecule has 0 unspecified atom stereocenters. The number of nitrogens with zero attached hydrogens (tertiary/aromatic N) is 4. The zero-order chi connectivity index (χ0) is 21.3. The molecule has 0 spiro atoms. The highest BCUT2D eigenvalue weighted by atomic mass is 35.5. The van der Waals surface area contributed by atoms with E-state index in [1.54, 1.807) is 12.1 Å². The highest BCUT2D eigenvalue weighted by Gasteiger charge is 2.20.